The lowest BCUT2D eigenvalue weighted by molar-refractivity contribution is -0.132. The number of carbonyl (C=O) groups excluding carboxylic acids is 2. The minimum Gasteiger partial charge on any atom is -0.507 e. The molecule has 3 heterocycles. The molecule has 1 amide bonds. The van der Waals surface area contributed by atoms with Crippen LogP contribution in [0.2, 0.25) is 5.02 Å². The molecule has 3 aromatic carbocycles. The average Bonchev–Trinajstić information content (AvgIpc) is 3.54. The zero-order chi connectivity index (χ0) is 27.8. The van der Waals surface area contributed by atoms with E-state index >= 15 is 4.39 Å². The molecule has 0 aliphatic carbocycles. The van der Waals surface area contributed by atoms with Crippen LogP contribution in [0.3, 0.4) is 0 Å². The second-order valence-electron chi connectivity index (χ2n) is 8.78. The fourth-order valence-corrected chi connectivity index (χ4v) is 6.63. The monoisotopic (exact) mass is 595 g/mol. The molecule has 40 heavy (non-hydrogen) atoms. The normalized spacial score (nSPS) is 17.9. The van der Waals surface area contributed by atoms with Crippen molar-refractivity contribution in [1.82, 2.24) is 10.2 Å². The van der Waals surface area contributed by atoms with Gasteiger partial charge in [-0.1, -0.05) is 71.1 Å². The van der Waals surface area contributed by atoms with Gasteiger partial charge < -0.3 is 14.6 Å². The smallest absolute Gasteiger partial charge is 0.301 e. The summed E-state index contributed by atoms with van der Waals surface area (Å²) < 4.78 is 26.8. The maximum Gasteiger partial charge on any atom is 0.301 e. The lowest BCUT2D eigenvalue weighted by Gasteiger charge is -2.23. The van der Waals surface area contributed by atoms with Crippen molar-refractivity contribution in [3.05, 3.63) is 99.8 Å². The summed E-state index contributed by atoms with van der Waals surface area (Å²) in [5, 5.41) is 20.4. The Morgan fingerprint density at radius 2 is 1.80 bits per heavy atom. The number of fused-ring (bicyclic) bond motifs is 1. The molecule has 0 radical (unpaired) electrons. The maximum absolute atomic E-state index is 15.2. The maximum atomic E-state index is 15.2. The zero-order valence-electron chi connectivity index (χ0n) is 20.5. The van der Waals surface area contributed by atoms with Crippen LogP contribution in [0.5, 0.6) is 11.5 Å². The van der Waals surface area contributed by atoms with Gasteiger partial charge in [0.1, 0.15) is 30.8 Å². The van der Waals surface area contributed by atoms with Gasteiger partial charge in [-0.05, 0) is 35.9 Å². The van der Waals surface area contributed by atoms with E-state index in [1.54, 1.807) is 24.3 Å². The lowest BCUT2D eigenvalue weighted by atomic mass is 9.95. The van der Waals surface area contributed by atoms with Gasteiger partial charge in [0.05, 0.1) is 5.57 Å². The van der Waals surface area contributed by atoms with E-state index in [4.69, 9.17) is 21.1 Å². The molecule has 1 fully saturated rings. The van der Waals surface area contributed by atoms with Gasteiger partial charge in [-0.3, -0.25) is 14.5 Å². The van der Waals surface area contributed by atoms with Gasteiger partial charge in [-0.25, -0.2) is 4.39 Å². The highest BCUT2D eigenvalue weighted by atomic mass is 35.5. The molecule has 6 rings (SSSR count). The van der Waals surface area contributed by atoms with Crippen molar-refractivity contribution >= 4 is 57.3 Å². The number of nitrogens with zero attached hydrogens (tertiary/aromatic N) is 3. The van der Waals surface area contributed by atoms with Crippen LogP contribution in [0.4, 0.5) is 9.52 Å². The molecule has 0 saturated carbocycles. The number of Topliss-reactive ketones (excluding diaryl/α,β-unsaturated/α-hetero) is 1. The predicted octanol–water partition coefficient (Wildman–Crippen LogP) is 6.02. The molecule has 1 N–H and O–H groups in total. The standard InChI is InChI=1S/C28H19ClFN3O5S2/c29-18-7-3-1-5-16(18)14-39-28-32-31-27(40-28)33-23(17-6-2-4-8-19(17)30)22(25(35)26(33)36)24(34)15-9-10-20-21(13-15)38-12-11-37-20/h1-10,13,23,34H,11-12,14H2. The first-order valence-corrected chi connectivity index (χ1v) is 14.3. The van der Waals surface area contributed by atoms with Crippen LogP contribution < -0.4 is 14.4 Å². The number of aromatic nitrogens is 2. The number of amides is 1. The molecule has 2 aliphatic rings. The predicted molar refractivity (Wildman–Crippen MR) is 150 cm³/mol. The van der Waals surface area contributed by atoms with Gasteiger partial charge >= 0.3 is 5.91 Å². The Morgan fingerprint density at radius 1 is 1.05 bits per heavy atom. The number of halogens is 2. The highest BCUT2D eigenvalue weighted by Crippen LogP contribution is 2.45. The van der Waals surface area contributed by atoms with Crippen molar-refractivity contribution < 1.29 is 28.6 Å². The van der Waals surface area contributed by atoms with Crippen molar-refractivity contribution in [2.24, 2.45) is 0 Å². The van der Waals surface area contributed by atoms with Crippen LogP contribution in [0.15, 0.2) is 76.6 Å². The number of anilines is 1. The van der Waals surface area contributed by atoms with E-state index in [9.17, 15) is 14.7 Å². The fourth-order valence-electron chi connectivity index (χ4n) is 4.48. The number of aliphatic hydroxyl groups excluding tert-OH is 1. The molecule has 1 atom stereocenters. The molecule has 2 aliphatic heterocycles. The first kappa shape index (κ1) is 26.3. The van der Waals surface area contributed by atoms with Crippen molar-refractivity contribution in [2.75, 3.05) is 18.1 Å². The third-order valence-electron chi connectivity index (χ3n) is 6.37. The Balaban J connectivity index is 1.40. The van der Waals surface area contributed by atoms with Crippen molar-refractivity contribution in [1.29, 1.82) is 0 Å². The van der Waals surface area contributed by atoms with Crippen LogP contribution in [0, 0.1) is 5.82 Å². The Morgan fingerprint density at radius 3 is 2.60 bits per heavy atom. The molecule has 1 aromatic heterocycles. The third kappa shape index (κ3) is 4.80. The minimum atomic E-state index is -1.27. The Bertz CT molecular complexity index is 1680. The Hall–Kier alpha value is -3.93. The van der Waals surface area contributed by atoms with E-state index in [1.165, 1.54) is 36.0 Å². The summed E-state index contributed by atoms with van der Waals surface area (Å²) in [6.45, 7) is 0.710. The largest absolute Gasteiger partial charge is 0.507 e. The quantitative estimate of drug-likeness (QED) is 0.0949. The van der Waals surface area contributed by atoms with Gasteiger partial charge in [0.2, 0.25) is 5.13 Å². The van der Waals surface area contributed by atoms with Crippen molar-refractivity contribution in [3.63, 3.8) is 0 Å². The van der Waals surface area contributed by atoms with Gasteiger partial charge in [0.25, 0.3) is 5.78 Å². The van der Waals surface area contributed by atoms with Gasteiger partial charge in [0.15, 0.2) is 15.8 Å². The van der Waals surface area contributed by atoms with Gasteiger partial charge in [0, 0.05) is 21.9 Å². The molecule has 12 heteroatoms. The van der Waals surface area contributed by atoms with E-state index in [1.807, 2.05) is 18.2 Å². The summed E-state index contributed by atoms with van der Waals surface area (Å²) in [5.41, 5.74) is 0.877. The first-order valence-electron chi connectivity index (χ1n) is 12.1. The molecule has 1 unspecified atom stereocenters. The minimum absolute atomic E-state index is 0.0289. The Kier molecular flexibility index (Phi) is 7.18. The molecular weight excluding hydrogens is 577 g/mol. The van der Waals surface area contributed by atoms with Crippen LogP contribution in [-0.4, -0.2) is 40.2 Å². The summed E-state index contributed by atoms with van der Waals surface area (Å²) in [6.07, 6.45) is 0. The number of carbonyl (C=O) groups is 2. The Labute approximate surface area is 241 Å². The summed E-state index contributed by atoms with van der Waals surface area (Å²) in [5.74, 6) is -1.66. The number of ketones is 1. The average molecular weight is 596 g/mol. The summed E-state index contributed by atoms with van der Waals surface area (Å²) in [4.78, 5) is 27.9. The molecule has 4 aromatic rings. The van der Waals surface area contributed by atoms with E-state index in [0.29, 0.717) is 39.8 Å². The molecule has 202 valence electrons. The van der Waals surface area contributed by atoms with Crippen LogP contribution >= 0.6 is 34.7 Å². The van der Waals surface area contributed by atoms with Crippen molar-refractivity contribution in [3.8, 4) is 11.5 Å². The number of ether oxygens (including phenoxy) is 2. The molecule has 8 nitrogen and oxygen atoms in total. The van der Waals surface area contributed by atoms with E-state index < -0.39 is 29.3 Å². The highest BCUT2D eigenvalue weighted by Gasteiger charge is 2.49. The molecule has 0 bridgehead atoms. The third-order valence-corrected chi connectivity index (χ3v) is 8.84. The molecule has 1 saturated heterocycles. The van der Waals surface area contributed by atoms with Gasteiger partial charge in [-0.2, -0.15) is 0 Å². The van der Waals surface area contributed by atoms with E-state index in [0.717, 1.165) is 21.8 Å². The van der Waals surface area contributed by atoms with Crippen LogP contribution in [-0.2, 0) is 15.3 Å². The summed E-state index contributed by atoms with van der Waals surface area (Å²) in [6, 6.07) is 16.6. The number of rotatable bonds is 6. The van der Waals surface area contributed by atoms with Gasteiger partial charge in [-0.15, -0.1) is 10.2 Å². The SMILES string of the molecule is O=C1C(=O)N(c2nnc(SCc3ccccc3Cl)s2)C(c2ccccc2F)C1=C(O)c1ccc2c(c1)OCCO2. The van der Waals surface area contributed by atoms with E-state index in [2.05, 4.69) is 10.2 Å². The second-order valence-corrected chi connectivity index (χ2v) is 11.4. The summed E-state index contributed by atoms with van der Waals surface area (Å²) in [7, 11) is 0. The first-order chi connectivity index (χ1) is 19.4. The van der Waals surface area contributed by atoms with Crippen LogP contribution in [0.1, 0.15) is 22.7 Å². The van der Waals surface area contributed by atoms with Crippen LogP contribution in [0.25, 0.3) is 5.76 Å². The number of hydrogen-bond donors (Lipinski definition) is 1. The molecular formula is C28H19ClFN3O5S2. The number of thioether (sulfide) groups is 1. The summed E-state index contributed by atoms with van der Waals surface area (Å²) >= 11 is 8.70. The highest BCUT2D eigenvalue weighted by molar-refractivity contribution is 8.00. The van der Waals surface area contributed by atoms with Crippen molar-refractivity contribution in [2.45, 2.75) is 16.1 Å². The fraction of sp³-hybridized carbons (Fsp3) is 0.143. The topological polar surface area (TPSA) is 102 Å². The lowest BCUT2D eigenvalue weighted by Crippen LogP contribution is -2.29. The number of aliphatic hydroxyl groups is 1. The second kappa shape index (κ2) is 10.9. The molecule has 0 spiro atoms. The van der Waals surface area contributed by atoms with E-state index in [-0.39, 0.29) is 21.8 Å². The zero-order valence-corrected chi connectivity index (χ0v) is 22.9. The number of benzene rings is 3. The number of hydrogen-bond acceptors (Lipinski definition) is 9.